The Balaban J connectivity index is 2.25. The van der Waals surface area contributed by atoms with Crippen molar-refractivity contribution in [3.63, 3.8) is 0 Å². The standard InChI is InChI=1S/C17H18N2/c1-13-5-4-6-15(9-13)12-19(3)17-8-7-14(2)10-16(17)11-18/h4-10H,12H2,1-3H3. The number of nitriles is 1. The molecule has 0 fully saturated rings. The topological polar surface area (TPSA) is 27.0 Å². The first kappa shape index (κ1) is 13.2. The molecule has 2 nitrogen and oxygen atoms in total. The Hall–Kier alpha value is -2.27. The Bertz CT molecular complexity index is 623. The number of benzene rings is 2. The number of rotatable bonds is 3. The largest absolute Gasteiger partial charge is 0.369 e. The lowest BCUT2D eigenvalue weighted by Gasteiger charge is -2.21. The summed E-state index contributed by atoms with van der Waals surface area (Å²) in [5.41, 5.74) is 5.34. The van der Waals surface area contributed by atoms with Crippen molar-refractivity contribution in [1.29, 1.82) is 5.26 Å². The van der Waals surface area contributed by atoms with E-state index < -0.39 is 0 Å². The lowest BCUT2D eigenvalue weighted by molar-refractivity contribution is 0.919. The summed E-state index contributed by atoms with van der Waals surface area (Å²) in [5.74, 6) is 0. The molecule has 0 heterocycles. The van der Waals surface area contributed by atoms with Crippen LogP contribution in [0.2, 0.25) is 0 Å². The van der Waals surface area contributed by atoms with E-state index in [1.165, 1.54) is 11.1 Å². The molecule has 0 N–H and O–H groups in total. The smallest absolute Gasteiger partial charge is 0.101 e. The molecule has 0 atom stereocenters. The van der Waals surface area contributed by atoms with Crippen LogP contribution in [0.5, 0.6) is 0 Å². The van der Waals surface area contributed by atoms with E-state index in [2.05, 4.69) is 42.2 Å². The first-order valence-corrected chi connectivity index (χ1v) is 6.37. The Morgan fingerprint density at radius 3 is 2.47 bits per heavy atom. The third-order valence-electron chi connectivity index (χ3n) is 3.19. The average Bonchev–Trinajstić information content (AvgIpc) is 2.38. The van der Waals surface area contributed by atoms with E-state index in [1.807, 2.05) is 32.2 Å². The van der Waals surface area contributed by atoms with Gasteiger partial charge in [-0.1, -0.05) is 35.9 Å². The number of anilines is 1. The predicted molar refractivity (Wildman–Crippen MR) is 79.2 cm³/mol. The molecule has 0 radical (unpaired) electrons. The molecule has 0 amide bonds. The van der Waals surface area contributed by atoms with Crippen LogP contribution in [0.4, 0.5) is 5.69 Å². The van der Waals surface area contributed by atoms with Crippen LogP contribution < -0.4 is 4.90 Å². The molecule has 0 saturated heterocycles. The first-order chi connectivity index (χ1) is 9.10. The molecular weight excluding hydrogens is 232 g/mol. The molecule has 0 saturated carbocycles. The molecule has 0 aliphatic carbocycles. The monoisotopic (exact) mass is 250 g/mol. The van der Waals surface area contributed by atoms with Gasteiger partial charge in [0.1, 0.15) is 6.07 Å². The van der Waals surface area contributed by atoms with Crippen molar-refractivity contribution in [2.24, 2.45) is 0 Å². The molecule has 2 rings (SSSR count). The molecule has 0 spiro atoms. The Morgan fingerprint density at radius 1 is 1.05 bits per heavy atom. The van der Waals surface area contributed by atoms with E-state index in [9.17, 15) is 5.26 Å². The summed E-state index contributed by atoms with van der Waals surface area (Å²) in [4.78, 5) is 2.12. The van der Waals surface area contributed by atoms with Crippen molar-refractivity contribution in [3.8, 4) is 6.07 Å². The number of hydrogen-bond acceptors (Lipinski definition) is 2. The zero-order valence-corrected chi connectivity index (χ0v) is 11.6. The zero-order chi connectivity index (χ0) is 13.8. The van der Waals surface area contributed by atoms with E-state index in [1.54, 1.807) is 0 Å². The van der Waals surface area contributed by atoms with Crippen LogP contribution in [0.1, 0.15) is 22.3 Å². The Morgan fingerprint density at radius 2 is 1.79 bits per heavy atom. The highest BCUT2D eigenvalue weighted by Crippen LogP contribution is 2.22. The number of hydrogen-bond donors (Lipinski definition) is 0. The Kier molecular flexibility index (Phi) is 3.87. The normalized spacial score (nSPS) is 10.0. The second kappa shape index (κ2) is 5.58. The molecule has 0 aliphatic heterocycles. The summed E-state index contributed by atoms with van der Waals surface area (Å²) in [6, 6.07) is 16.7. The summed E-state index contributed by atoms with van der Waals surface area (Å²) in [5, 5.41) is 9.23. The van der Waals surface area contributed by atoms with E-state index in [-0.39, 0.29) is 0 Å². The SMILES string of the molecule is Cc1cccc(CN(C)c2ccc(C)cc2C#N)c1. The third-order valence-corrected chi connectivity index (χ3v) is 3.19. The molecule has 19 heavy (non-hydrogen) atoms. The van der Waals surface area contributed by atoms with Gasteiger partial charge in [-0.25, -0.2) is 0 Å². The van der Waals surface area contributed by atoms with Crippen LogP contribution in [-0.4, -0.2) is 7.05 Å². The van der Waals surface area contributed by atoms with Gasteiger partial charge in [0.15, 0.2) is 0 Å². The van der Waals surface area contributed by atoms with Crippen LogP contribution >= 0.6 is 0 Å². The molecule has 2 heteroatoms. The van der Waals surface area contributed by atoms with Crippen molar-refractivity contribution in [2.75, 3.05) is 11.9 Å². The van der Waals surface area contributed by atoms with Crippen LogP contribution in [0.3, 0.4) is 0 Å². The van der Waals surface area contributed by atoms with Crippen molar-refractivity contribution in [1.82, 2.24) is 0 Å². The van der Waals surface area contributed by atoms with Crippen molar-refractivity contribution < 1.29 is 0 Å². The van der Waals surface area contributed by atoms with Crippen LogP contribution in [0.15, 0.2) is 42.5 Å². The van der Waals surface area contributed by atoms with Crippen LogP contribution in [0.25, 0.3) is 0 Å². The van der Waals surface area contributed by atoms with E-state index in [0.717, 1.165) is 23.4 Å². The summed E-state index contributed by atoms with van der Waals surface area (Å²) >= 11 is 0. The average molecular weight is 250 g/mol. The zero-order valence-electron chi connectivity index (χ0n) is 11.6. The van der Waals surface area contributed by atoms with Gasteiger partial charge in [0.2, 0.25) is 0 Å². The molecular formula is C17H18N2. The maximum atomic E-state index is 9.23. The van der Waals surface area contributed by atoms with Gasteiger partial charge in [-0.15, -0.1) is 0 Å². The van der Waals surface area contributed by atoms with Crippen molar-refractivity contribution in [3.05, 3.63) is 64.7 Å². The van der Waals surface area contributed by atoms with Crippen molar-refractivity contribution >= 4 is 5.69 Å². The molecule has 96 valence electrons. The minimum atomic E-state index is 0.732. The van der Waals surface area contributed by atoms with Gasteiger partial charge in [-0.3, -0.25) is 0 Å². The van der Waals surface area contributed by atoms with Gasteiger partial charge in [-0.2, -0.15) is 5.26 Å². The highest BCUT2D eigenvalue weighted by Gasteiger charge is 2.08. The highest BCUT2D eigenvalue weighted by molar-refractivity contribution is 5.60. The van der Waals surface area contributed by atoms with E-state index >= 15 is 0 Å². The van der Waals surface area contributed by atoms with Gasteiger partial charge in [0.05, 0.1) is 11.3 Å². The summed E-state index contributed by atoms with van der Waals surface area (Å²) in [6.07, 6.45) is 0. The fraction of sp³-hybridized carbons (Fsp3) is 0.235. The second-order valence-electron chi connectivity index (χ2n) is 4.98. The van der Waals surface area contributed by atoms with Crippen LogP contribution in [0, 0.1) is 25.2 Å². The Labute approximate surface area is 114 Å². The minimum Gasteiger partial charge on any atom is -0.369 e. The maximum absolute atomic E-state index is 9.23. The predicted octanol–water partition coefficient (Wildman–Crippen LogP) is 3.81. The summed E-state index contributed by atoms with van der Waals surface area (Å²) < 4.78 is 0. The van der Waals surface area contributed by atoms with E-state index in [4.69, 9.17) is 0 Å². The summed E-state index contributed by atoms with van der Waals surface area (Å²) in [7, 11) is 2.02. The fourth-order valence-electron chi connectivity index (χ4n) is 2.24. The van der Waals surface area contributed by atoms with Gasteiger partial charge < -0.3 is 4.90 Å². The molecule has 2 aromatic rings. The fourth-order valence-corrected chi connectivity index (χ4v) is 2.24. The second-order valence-corrected chi connectivity index (χ2v) is 4.98. The van der Waals surface area contributed by atoms with Gasteiger partial charge in [0, 0.05) is 13.6 Å². The van der Waals surface area contributed by atoms with Crippen LogP contribution in [-0.2, 0) is 6.54 Å². The number of aryl methyl sites for hydroxylation is 2. The number of nitrogens with zero attached hydrogens (tertiary/aromatic N) is 2. The molecule has 0 aromatic heterocycles. The summed E-state index contributed by atoms with van der Waals surface area (Å²) in [6.45, 7) is 4.90. The quantitative estimate of drug-likeness (QED) is 0.828. The maximum Gasteiger partial charge on any atom is 0.101 e. The molecule has 0 aliphatic rings. The minimum absolute atomic E-state index is 0.732. The molecule has 2 aromatic carbocycles. The van der Waals surface area contributed by atoms with Gasteiger partial charge >= 0.3 is 0 Å². The van der Waals surface area contributed by atoms with E-state index in [0.29, 0.717) is 0 Å². The van der Waals surface area contributed by atoms with Crippen molar-refractivity contribution in [2.45, 2.75) is 20.4 Å². The lowest BCUT2D eigenvalue weighted by Crippen LogP contribution is -2.17. The first-order valence-electron chi connectivity index (χ1n) is 6.37. The third kappa shape index (κ3) is 3.14. The molecule has 0 bridgehead atoms. The van der Waals surface area contributed by atoms with Gasteiger partial charge in [0.25, 0.3) is 0 Å². The molecule has 0 unspecified atom stereocenters. The highest BCUT2D eigenvalue weighted by atomic mass is 15.1. The lowest BCUT2D eigenvalue weighted by atomic mass is 10.1. The van der Waals surface area contributed by atoms with Gasteiger partial charge in [-0.05, 0) is 37.1 Å².